The standard InChI is InChI=1S/C32H43FOS/c1-3-5-7-9-10-11-12-14-24-34-30-21-20-28(25-29(30)33)32-23-22-31(35-32)27-18-16-26(17-19-27)15-13-8-6-4-2/h16-23,25H,3-15,24H2,1-2H3. The Bertz CT molecular complexity index is 975. The van der Waals surface area contributed by atoms with E-state index in [1.807, 2.05) is 6.07 Å². The molecule has 0 aliphatic heterocycles. The highest BCUT2D eigenvalue weighted by atomic mass is 32.1. The van der Waals surface area contributed by atoms with Crippen molar-refractivity contribution in [2.75, 3.05) is 6.61 Å². The zero-order valence-corrected chi connectivity index (χ0v) is 22.6. The third-order valence-corrected chi connectivity index (χ3v) is 7.82. The molecule has 0 bridgehead atoms. The molecule has 0 fully saturated rings. The Morgan fingerprint density at radius 2 is 1.20 bits per heavy atom. The van der Waals surface area contributed by atoms with Gasteiger partial charge < -0.3 is 4.74 Å². The first kappa shape index (κ1) is 27.5. The summed E-state index contributed by atoms with van der Waals surface area (Å²) in [4.78, 5) is 2.30. The molecule has 0 saturated carbocycles. The number of hydrogen-bond acceptors (Lipinski definition) is 2. The van der Waals surface area contributed by atoms with Gasteiger partial charge in [-0.15, -0.1) is 11.3 Å². The molecule has 0 aliphatic rings. The fourth-order valence-corrected chi connectivity index (χ4v) is 5.44. The molecule has 0 saturated heterocycles. The van der Waals surface area contributed by atoms with E-state index in [0.717, 1.165) is 29.7 Å². The Balaban J connectivity index is 1.46. The van der Waals surface area contributed by atoms with E-state index in [1.165, 1.54) is 80.2 Å². The Morgan fingerprint density at radius 1 is 0.629 bits per heavy atom. The molecule has 0 amide bonds. The zero-order chi connectivity index (χ0) is 24.7. The van der Waals surface area contributed by atoms with Crippen molar-refractivity contribution >= 4 is 11.3 Å². The summed E-state index contributed by atoms with van der Waals surface area (Å²) in [7, 11) is 0. The molecule has 1 aromatic heterocycles. The number of benzene rings is 2. The molecular weight excluding hydrogens is 451 g/mol. The van der Waals surface area contributed by atoms with Crippen LogP contribution in [0, 0.1) is 5.82 Å². The molecular formula is C32H43FOS. The van der Waals surface area contributed by atoms with E-state index in [2.05, 4.69) is 50.2 Å². The van der Waals surface area contributed by atoms with Gasteiger partial charge in [0.25, 0.3) is 0 Å². The summed E-state index contributed by atoms with van der Waals surface area (Å²) in [5, 5.41) is 0. The molecule has 2 aromatic carbocycles. The molecule has 1 heterocycles. The van der Waals surface area contributed by atoms with Gasteiger partial charge in [0.2, 0.25) is 0 Å². The van der Waals surface area contributed by atoms with E-state index in [0.29, 0.717) is 12.4 Å². The minimum absolute atomic E-state index is 0.274. The van der Waals surface area contributed by atoms with Crippen LogP contribution in [0.3, 0.4) is 0 Å². The quantitative estimate of drug-likeness (QED) is 0.170. The largest absolute Gasteiger partial charge is 0.491 e. The fraction of sp³-hybridized carbons (Fsp3) is 0.500. The van der Waals surface area contributed by atoms with Crippen LogP contribution in [0.5, 0.6) is 5.75 Å². The number of ether oxygens (including phenoxy) is 1. The number of hydrogen-bond donors (Lipinski definition) is 0. The number of rotatable bonds is 17. The van der Waals surface area contributed by atoms with E-state index < -0.39 is 0 Å². The Morgan fingerprint density at radius 3 is 1.86 bits per heavy atom. The molecule has 0 atom stereocenters. The SMILES string of the molecule is CCCCCCCCCCOc1ccc(-c2ccc(-c3ccc(CCCCCC)cc3)s2)cc1F. The predicted octanol–water partition coefficient (Wildman–Crippen LogP) is 10.9. The van der Waals surface area contributed by atoms with Crippen molar-refractivity contribution in [3.63, 3.8) is 0 Å². The van der Waals surface area contributed by atoms with Crippen molar-refractivity contribution in [2.24, 2.45) is 0 Å². The van der Waals surface area contributed by atoms with Gasteiger partial charge in [-0.05, 0) is 66.3 Å². The van der Waals surface area contributed by atoms with E-state index in [4.69, 9.17) is 4.74 Å². The van der Waals surface area contributed by atoms with Gasteiger partial charge in [0.05, 0.1) is 6.61 Å². The lowest BCUT2D eigenvalue weighted by molar-refractivity contribution is 0.290. The van der Waals surface area contributed by atoms with Gasteiger partial charge in [-0.3, -0.25) is 0 Å². The predicted molar refractivity (Wildman–Crippen MR) is 151 cm³/mol. The van der Waals surface area contributed by atoms with Crippen LogP contribution in [-0.2, 0) is 6.42 Å². The summed E-state index contributed by atoms with van der Waals surface area (Å²) in [6.45, 7) is 5.08. The van der Waals surface area contributed by atoms with Gasteiger partial charge in [-0.1, -0.05) is 102 Å². The molecule has 0 radical (unpaired) electrons. The van der Waals surface area contributed by atoms with Crippen LogP contribution in [0.1, 0.15) is 96.5 Å². The molecule has 3 rings (SSSR count). The minimum atomic E-state index is -0.274. The van der Waals surface area contributed by atoms with Crippen LogP contribution in [0.25, 0.3) is 20.9 Å². The van der Waals surface area contributed by atoms with Gasteiger partial charge in [0, 0.05) is 9.75 Å². The molecule has 1 nitrogen and oxygen atoms in total. The number of halogens is 1. The molecule has 3 heteroatoms. The summed E-state index contributed by atoms with van der Waals surface area (Å²) in [5.41, 5.74) is 3.54. The maximum atomic E-state index is 14.7. The van der Waals surface area contributed by atoms with E-state index >= 15 is 0 Å². The van der Waals surface area contributed by atoms with Crippen molar-refractivity contribution in [2.45, 2.75) is 97.3 Å². The highest BCUT2D eigenvalue weighted by molar-refractivity contribution is 7.18. The normalized spacial score (nSPS) is 11.2. The van der Waals surface area contributed by atoms with Crippen LogP contribution in [0.2, 0.25) is 0 Å². The topological polar surface area (TPSA) is 9.23 Å². The van der Waals surface area contributed by atoms with Crippen molar-refractivity contribution in [1.29, 1.82) is 0 Å². The van der Waals surface area contributed by atoms with Gasteiger partial charge >= 0.3 is 0 Å². The summed E-state index contributed by atoms with van der Waals surface area (Å²) < 4.78 is 20.4. The minimum Gasteiger partial charge on any atom is -0.491 e. The number of aryl methyl sites for hydroxylation is 1. The maximum absolute atomic E-state index is 14.7. The Hall–Kier alpha value is -2.13. The van der Waals surface area contributed by atoms with Crippen molar-refractivity contribution in [3.8, 4) is 26.6 Å². The first-order valence-electron chi connectivity index (χ1n) is 13.8. The lowest BCUT2D eigenvalue weighted by Gasteiger charge is -2.08. The molecule has 0 unspecified atom stereocenters. The second-order valence-corrected chi connectivity index (χ2v) is 10.7. The highest BCUT2D eigenvalue weighted by Crippen LogP contribution is 2.36. The van der Waals surface area contributed by atoms with Crippen LogP contribution < -0.4 is 4.74 Å². The zero-order valence-electron chi connectivity index (χ0n) is 21.8. The van der Waals surface area contributed by atoms with Crippen LogP contribution in [0.15, 0.2) is 54.6 Å². The summed E-state index contributed by atoms with van der Waals surface area (Å²) in [6.07, 6.45) is 16.3. The van der Waals surface area contributed by atoms with Gasteiger partial charge in [0.1, 0.15) is 0 Å². The molecule has 3 aromatic rings. The van der Waals surface area contributed by atoms with E-state index in [9.17, 15) is 4.39 Å². The summed E-state index contributed by atoms with van der Waals surface area (Å²) >= 11 is 1.71. The van der Waals surface area contributed by atoms with Gasteiger partial charge in [-0.2, -0.15) is 0 Å². The monoisotopic (exact) mass is 494 g/mol. The summed E-state index contributed by atoms with van der Waals surface area (Å²) in [6, 6.07) is 18.5. The van der Waals surface area contributed by atoms with Gasteiger partial charge in [0.15, 0.2) is 11.6 Å². The smallest absolute Gasteiger partial charge is 0.165 e. The van der Waals surface area contributed by atoms with E-state index in [1.54, 1.807) is 23.5 Å². The second-order valence-electron chi connectivity index (χ2n) is 9.64. The number of unbranched alkanes of at least 4 members (excludes halogenated alkanes) is 10. The lowest BCUT2D eigenvalue weighted by atomic mass is 10.0. The summed E-state index contributed by atoms with van der Waals surface area (Å²) in [5.74, 6) is 0.0902. The van der Waals surface area contributed by atoms with Crippen molar-refractivity contribution in [1.82, 2.24) is 0 Å². The van der Waals surface area contributed by atoms with E-state index in [-0.39, 0.29) is 5.82 Å². The van der Waals surface area contributed by atoms with Crippen LogP contribution >= 0.6 is 11.3 Å². The first-order valence-corrected chi connectivity index (χ1v) is 14.6. The average Bonchev–Trinajstić information content (AvgIpc) is 3.37. The Labute approximate surface area is 216 Å². The second kappa shape index (κ2) is 15.8. The Kier molecular flexibility index (Phi) is 12.4. The van der Waals surface area contributed by atoms with Crippen LogP contribution in [0.4, 0.5) is 4.39 Å². The highest BCUT2D eigenvalue weighted by Gasteiger charge is 2.10. The van der Waals surface area contributed by atoms with Gasteiger partial charge in [-0.25, -0.2) is 4.39 Å². The number of thiophene rings is 1. The lowest BCUT2D eigenvalue weighted by Crippen LogP contribution is -1.99. The third kappa shape index (κ3) is 9.44. The first-order chi connectivity index (χ1) is 17.2. The third-order valence-electron chi connectivity index (χ3n) is 6.64. The molecule has 0 aliphatic carbocycles. The van der Waals surface area contributed by atoms with Crippen LogP contribution in [-0.4, -0.2) is 6.61 Å². The van der Waals surface area contributed by atoms with Crippen molar-refractivity contribution < 1.29 is 9.13 Å². The average molecular weight is 495 g/mol. The molecule has 190 valence electrons. The molecule has 0 spiro atoms. The fourth-order valence-electron chi connectivity index (χ4n) is 4.43. The molecule has 0 N–H and O–H groups in total. The molecule has 35 heavy (non-hydrogen) atoms. The van der Waals surface area contributed by atoms with Crippen molar-refractivity contribution in [3.05, 3.63) is 66.0 Å². The maximum Gasteiger partial charge on any atom is 0.165 e.